The van der Waals surface area contributed by atoms with E-state index in [2.05, 4.69) is 19.9 Å². The van der Waals surface area contributed by atoms with Crippen LogP contribution in [0, 0.1) is 22.7 Å². The standard InChI is InChI=1S/C26H20N4OS.C26H19N3O4S/c27-16-23-24(21-12-8-19(9-13-21)7-6-18-4-2-1-3-5-18)29-26(30-25(23)31)32-17-20-10-14-22(28)15-11-20;1-32-25(31)19-9-7-17(8-10-19)16-34-26-28-23(22(15-27)24(30)29-26)18-11-13-21(14-12-18)33-20-5-3-2-4-6-20/h1-15H,17,28H2,(H,29,30,31);2-14H,16H2,1H3,(H,28,29,30)/b7-6+;. The van der Waals surface area contributed by atoms with Crippen LogP contribution in [-0.2, 0) is 16.2 Å². The quantitative estimate of drug-likeness (QED) is 0.0325. The highest BCUT2D eigenvalue weighted by atomic mass is 32.2. The fourth-order valence-electron chi connectivity index (χ4n) is 6.25. The molecule has 0 atom stereocenters. The third-order valence-corrected chi connectivity index (χ3v) is 11.6. The molecule has 12 nitrogen and oxygen atoms in total. The van der Waals surface area contributed by atoms with Crippen LogP contribution in [0.2, 0.25) is 0 Å². The summed E-state index contributed by atoms with van der Waals surface area (Å²) in [6, 6.07) is 52.6. The monoisotopic (exact) mass is 905 g/mol. The SMILES string of the molecule is COC(=O)c1ccc(CSc2nc(-c3ccc(Oc4ccccc4)cc3)c(C#N)c(=O)[nH]2)cc1.N#Cc1c(-c2ccc(/C=C/c3ccccc3)cc2)nc(SCc2ccc(N)cc2)[nH]c1=O. The zero-order valence-corrected chi connectivity index (χ0v) is 36.9. The van der Waals surface area contributed by atoms with Gasteiger partial charge < -0.3 is 25.2 Å². The van der Waals surface area contributed by atoms with Crippen LogP contribution in [0.5, 0.6) is 11.5 Å². The molecule has 14 heteroatoms. The van der Waals surface area contributed by atoms with E-state index in [4.69, 9.17) is 15.2 Å². The number of methoxy groups -OCH3 is 1. The first-order valence-electron chi connectivity index (χ1n) is 20.2. The third-order valence-electron chi connectivity index (χ3n) is 9.68. The number of carbonyl (C=O) groups excluding carboxylic acids is 1. The van der Waals surface area contributed by atoms with Crippen LogP contribution < -0.4 is 21.6 Å². The number of aromatic amines is 2. The van der Waals surface area contributed by atoms with Crippen molar-refractivity contribution in [3.05, 3.63) is 217 Å². The molecule has 0 radical (unpaired) electrons. The van der Waals surface area contributed by atoms with Crippen molar-refractivity contribution in [1.29, 1.82) is 10.5 Å². The number of nitrogens with two attached hydrogens (primary N) is 1. The average molecular weight is 906 g/mol. The van der Waals surface area contributed by atoms with Crippen LogP contribution in [0.15, 0.2) is 178 Å². The first-order valence-corrected chi connectivity index (χ1v) is 22.2. The Kier molecular flexibility index (Phi) is 15.4. The van der Waals surface area contributed by atoms with Gasteiger partial charge in [0.15, 0.2) is 10.3 Å². The molecule has 0 saturated carbocycles. The van der Waals surface area contributed by atoms with E-state index >= 15 is 0 Å². The summed E-state index contributed by atoms with van der Waals surface area (Å²) in [6.07, 6.45) is 4.05. The van der Waals surface area contributed by atoms with Gasteiger partial charge in [-0.15, -0.1) is 0 Å². The Balaban J connectivity index is 0.000000197. The number of aromatic nitrogens is 4. The van der Waals surface area contributed by atoms with Crippen LogP contribution in [0.4, 0.5) is 5.69 Å². The van der Waals surface area contributed by atoms with E-state index in [-0.39, 0.29) is 11.1 Å². The van der Waals surface area contributed by atoms with Crippen LogP contribution in [0.1, 0.15) is 43.7 Å². The van der Waals surface area contributed by atoms with Gasteiger partial charge in [0.25, 0.3) is 11.1 Å². The second-order valence-electron chi connectivity index (χ2n) is 14.2. The predicted molar refractivity (Wildman–Crippen MR) is 260 cm³/mol. The third kappa shape index (κ3) is 12.2. The van der Waals surface area contributed by atoms with Gasteiger partial charge in [-0.05, 0) is 82.9 Å². The zero-order valence-electron chi connectivity index (χ0n) is 35.3. The lowest BCUT2D eigenvalue weighted by molar-refractivity contribution is 0.0600. The van der Waals surface area contributed by atoms with E-state index < -0.39 is 17.1 Å². The Labute approximate surface area is 388 Å². The van der Waals surface area contributed by atoms with Gasteiger partial charge in [0.2, 0.25) is 0 Å². The summed E-state index contributed by atoms with van der Waals surface area (Å²) in [6.45, 7) is 0. The molecule has 0 spiro atoms. The van der Waals surface area contributed by atoms with Gasteiger partial charge >= 0.3 is 5.97 Å². The van der Waals surface area contributed by atoms with Crippen molar-refractivity contribution in [2.45, 2.75) is 21.8 Å². The number of nitrogens with one attached hydrogen (secondary N) is 2. The number of hydrogen-bond donors (Lipinski definition) is 3. The van der Waals surface area contributed by atoms with Crippen molar-refractivity contribution < 1.29 is 14.3 Å². The molecule has 8 aromatic rings. The summed E-state index contributed by atoms with van der Waals surface area (Å²) >= 11 is 2.73. The van der Waals surface area contributed by atoms with Crippen molar-refractivity contribution >= 4 is 47.3 Å². The molecule has 4 N–H and O–H groups in total. The number of para-hydroxylation sites is 1. The van der Waals surface area contributed by atoms with Crippen molar-refractivity contribution in [3.63, 3.8) is 0 Å². The number of ether oxygens (including phenoxy) is 2. The van der Waals surface area contributed by atoms with E-state index in [1.54, 1.807) is 36.4 Å². The van der Waals surface area contributed by atoms with Gasteiger partial charge in [-0.2, -0.15) is 10.5 Å². The second kappa shape index (κ2) is 22.3. The molecule has 0 aliphatic rings. The van der Waals surface area contributed by atoms with Gasteiger partial charge in [0.05, 0.1) is 24.1 Å². The van der Waals surface area contributed by atoms with Crippen molar-refractivity contribution in [1.82, 2.24) is 19.9 Å². The Hall–Kier alpha value is -8.43. The molecule has 2 aromatic heterocycles. The molecular weight excluding hydrogens is 867 g/mol. The lowest BCUT2D eigenvalue weighted by Crippen LogP contribution is -2.14. The van der Waals surface area contributed by atoms with E-state index in [9.17, 15) is 24.9 Å². The number of carbonyl (C=O) groups is 1. The van der Waals surface area contributed by atoms with Gasteiger partial charge in [0, 0.05) is 28.3 Å². The van der Waals surface area contributed by atoms with E-state index in [1.165, 1.54) is 30.6 Å². The van der Waals surface area contributed by atoms with Gasteiger partial charge in [0.1, 0.15) is 34.8 Å². The average Bonchev–Trinajstić information content (AvgIpc) is 3.35. The van der Waals surface area contributed by atoms with Gasteiger partial charge in [-0.3, -0.25) is 9.59 Å². The van der Waals surface area contributed by atoms with Crippen LogP contribution in [-0.4, -0.2) is 33.0 Å². The highest BCUT2D eigenvalue weighted by Gasteiger charge is 2.16. The molecular formula is C52H39N7O5S2. The van der Waals surface area contributed by atoms with E-state index in [0.717, 1.165) is 27.8 Å². The first kappa shape index (κ1) is 45.6. The molecule has 0 bridgehead atoms. The number of H-pyrrole nitrogens is 2. The smallest absolute Gasteiger partial charge is 0.337 e. The normalized spacial score (nSPS) is 10.6. The minimum absolute atomic E-state index is 0.00872. The zero-order chi connectivity index (χ0) is 46.3. The molecule has 324 valence electrons. The Morgan fingerprint density at radius 1 is 0.606 bits per heavy atom. The number of nitriles is 2. The largest absolute Gasteiger partial charge is 0.465 e. The van der Waals surface area contributed by atoms with Crippen LogP contribution in [0.3, 0.4) is 0 Å². The number of esters is 1. The molecule has 8 rings (SSSR count). The predicted octanol–water partition coefficient (Wildman–Crippen LogP) is 10.5. The minimum atomic E-state index is -0.499. The molecule has 0 aliphatic carbocycles. The number of nitrogens with zero attached hydrogens (tertiary/aromatic N) is 4. The molecule has 2 heterocycles. The fraction of sp³-hybridized carbons (Fsp3) is 0.0577. The molecule has 0 fully saturated rings. The number of thioether (sulfide) groups is 2. The summed E-state index contributed by atoms with van der Waals surface area (Å²) < 4.78 is 10.5. The van der Waals surface area contributed by atoms with Gasteiger partial charge in [-0.1, -0.05) is 133 Å². The first-order chi connectivity index (χ1) is 32.2. The summed E-state index contributed by atoms with van der Waals surface area (Å²) in [7, 11) is 1.33. The summed E-state index contributed by atoms with van der Waals surface area (Å²) in [5.74, 6) is 2.07. The molecule has 0 unspecified atom stereocenters. The number of rotatable bonds is 13. The maximum atomic E-state index is 12.5. The highest BCUT2D eigenvalue weighted by Crippen LogP contribution is 2.29. The van der Waals surface area contributed by atoms with E-state index in [0.29, 0.717) is 61.5 Å². The summed E-state index contributed by atoms with van der Waals surface area (Å²) in [4.78, 5) is 51.1. The fourth-order valence-corrected chi connectivity index (χ4v) is 7.89. The van der Waals surface area contributed by atoms with Crippen LogP contribution in [0.25, 0.3) is 34.7 Å². The lowest BCUT2D eigenvalue weighted by Gasteiger charge is -2.09. The van der Waals surface area contributed by atoms with Crippen molar-refractivity contribution in [2.24, 2.45) is 0 Å². The molecule has 0 aliphatic heterocycles. The maximum absolute atomic E-state index is 12.5. The number of benzene rings is 6. The lowest BCUT2D eigenvalue weighted by atomic mass is 10.0. The Morgan fingerprint density at radius 3 is 1.53 bits per heavy atom. The molecule has 6 aromatic carbocycles. The van der Waals surface area contributed by atoms with Crippen molar-refractivity contribution in [3.8, 4) is 46.2 Å². The Bertz CT molecular complexity index is 3170. The number of hydrogen-bond acceptors (Lipinski definition) is 12. The van der Waals surface area contributed by atoms with Crippen molar-refractivity contribution in [2.75, 3.05) is 12.8 Å². The maximum Gasteiger partial charge on any atom is 0.337 e. The second-order valence-corrected chi connectivity index (χ2v) is 16.2. The molecule has 0 amide bonds. The van der Waals surface area contributed by atoms with Gasteiger partial charge in [-0.25, -0.2) is 14.8 Å². The summed E-state index contributed by atoms with van der Waals surface area (Å²) in [5.41, 5.74) is 12.1. The highest BCUT2D eigenvalue weighted by molar-refractivity contribution is 7.98. The molecule has 66 heavy (non-hydrogen) atoms. The topological polar surface area (TPSA) is 201 Å². The molecule has 0 saturated heterocycles. The Morgan fingerprint density at radius 2 is 1.05 bits per heavy atom. The minimum Gasteiger partial charge on any atom is -0.465 e. The summed E-state index contributed by atoms with van der Waals surface area (Å²) in [5, 5.41) is 19.9. The number of nitrogen functional groups attached to an aromatic ring is 1. The number of anilines is 1. The van der Waals surface area contributed by atoms with E-state index in [1.807, 2.05) is 146 Å². The van der Waals surface area contributed by atoms with Crippen LogP contribution >= 0.6 is 23.5 Å².